The summed E-state index contributed by atoms with van der Waals surface area (Å²) in [5.74, 6) is 0.00792. The number of nitrogens with one attached hydrogen (secondary N) is 2. The average Bonchev–Trinajstić information content (AvgIpc) is 2.65. The Labute approximate surface area is 164 Å². The van der Waals surface area contributed by atoms with Gasteiger partial charge in [-0.1, -0.05) is 35.9 Å². The highest BCUT2D eigenvalue weighted by atomic mass is 35.5. The third-order valence-electron chi connectivity index (χ3n) is 4.99. The molecule has 1 fully saturated rings. The molecule has 2 aromatic carbocycles. The van der Waals surface area contributed by atoms with Crippen LogP contribution in [0.15, 0.2) is 42.5 Å². The third-order valence-corrected chi connectivity index (χ3v) is 5.22. The van der Waals surface area contributed by atoms with Crippen LogP contribution in [0.4, 0.5) is 5.69 Å². The highest BCUT2D eigenvalue weighted by molar-refractivity contribution is 6.30. The maximum absolute atomic E-state index is 12.6. The zero-order valence-electron chi connectivity index (χ0n) is 15.7. The van der Waals surface area contributed by atoms with Gasteiger partial charge in [0.25, 0.3) is 11.8 Å². The molecule has 0 radical (unpaired) electrons. The van der Waals surface area contributed by atoms with Crippen LogP contribution in [0.1, 0.15) is 21.5 Å². The Morgan fingerprint density at radius 2 is 1.70 bits per heavy atom. The van der Waals surface area contributed by atoms with Crippen LogP contribution in [0.3, 0.4) is 0 Å². The molecule has 2 N–H and O–H groups in total. The first-order chi connectivity index (χ1) is 12.9. The van der Waals surface area contributed by atoms with Crippen LogP contribution in [0.5, 0.6) is 0 Å². The van der Waals surface area contributed by atoms with E-state index in [0.717, 1.165) is 29.9 Å². The van der Waals surface area contributed by atoms with Crippen molar-refractivity contribution in [1.82, 2.24) is 4.90 Å². The number of nitrogens with zero attached hydrogens (tertiary/aromatic N) is 1. The van der Waals surface area contributed by atoms with E-state index < -0.39 is 0 Å². The molecule has 3 rings (SSSR count). The van der Waals surface area contributed by atoms with Gasteiger partial charge in [-0.25, -0.2) is 0 Å². The first-order valence-corrected chi connectivity index (χ1v) is 9.56. The Morgan fingerprint density at radius 3 is 2.33 bits per heavy atom. The molecule has 27 heavy (non-hydrogen) atoms. The van der Waals surface area contributed by atoms with E-state index in [1.54, 1.807) is 24.3 Å². The van der Waals surface area contributed by atoms with Crippen molar-refractivity contribution in [1.29, 1.82) is 0 Å². The maximum Gasteiger partial charge on any atom is 0.279 e. The van der Waals surface area contributed by atoms with Crippen LogP contribution in [0, 0.1) is 13.8 Å². The number of carbonyl (C=O) groups excluding carboxylic acids is 2. The van der Waals surface area contributed by atoms with E-state index in [2.05, 4.69) is 5.32 Å². The summed E-state index contributed by atoms with van der Waals surface area (Å²) in [7, 11) is 0. The van der Waals surface area contributed by atoms with Crippen LogP contribution in [0.2, 0.25) is 5.02 Å². The monoisotopic (exact) mass is 386 g/mol. The summed E-state index contributed by atoms with van der Waals surface area (Å²) in [5, 5.41) is 3.60. The van der Waals surface area contributed by atoms with Gasteiger partial charge in [-0.2, -0.15) is 0 Å². The molecule has 142 valence electrons. The maximum atomic E-state index is 12.6. The lowest BCUT2D eigenvalue weighted by atomic mass is 10.1. The summed E-state index contributed by atoms with van der Waals surface area (Å²) in [4.78, 5) is 28.0. The fourth-order valence-corrected chi connectivity index (χ4v) is 3.62. The van der Waals surface area contributed by atoms with Crippen molar-refractivity contribution in [3.05, 3.63) is 64.2 Å². The molecule has 0 aromatic heterocycles. The lowest BCUT2D eigenvalue weighted by Gasteiger charge is -2.32. The number of amides is 2. The fourth-order valence-electron chi connectivity index (χ4n) is 3.43. The molecule has 2 amide bonds. The predicted molar refractivity (Wildman–Crippen MR) is 107 cm³/mol. The van der Waals surface area contributed by atoms with Gasteiger partial charge in [0.05, 0.1) is 26.2 Å². The van der Waals surface area contributed by atoms with E-state index in [1.807, 2.05) is 36.9 Å². The number of hydrogen-bond acceptors (Lipinski definition) is 2. The molecule has 6 heteroatoms. The van der Waals surface area contributed by atoms with Crippen molar-refractivity contribution in [3.63, 3.8) is 0 Å². The molecule has 0 saturated carbocycles. The number of carbonyl (C=O) groups is 2. The van der Waals surface area contributed by atoms with E-state index in [-0.39, 0.29) is 11.8 Å². The summed E-state index contributed by atoms with van der Waals surface area (Å²) in [6.07, 6.45) is 0. The van der Waals surface area contributed by atoms with Gasteiger partial charge in [-0.05, 0) is 43.2 Å². The standard InChI is InChI=1S/C21H24ClN3O2/c1-15-5-3-6-16(2)20(15)23-19(26)14-24-9-11-25(12-10-24)21(27)17-7-4-8-18(22)13-17/h3-8,13H,9-12,14H2,1-2H3,(H,23,26)/p+1. The smallest absolute Gasteiger partial charge is 0.279 e. The van der Waals surface area contributed by atoms with E-state index >= 15 is 0 Å². The van der Waals surface area contributed by atoms with Crippen molar-refractivity contribution in [3.8, 4) is 0 Å². The second-order valence-electron chi connectivity index (χ2n) is 7.04. The molecule has 0 atom stereocenters. The highest BCUT2D eigenvalue weighted by Crippen LogP contribution is 2.19. The molecule has 5 nitrogen and oxygen atoms in total. The Bertz CT molecular complexity index is 825. The molecular formula is C21H25ClN3O2+. The predicted octanol–water partition coefficient (Wildman–Crippen LogP) is 1.94. The number of para-hydroxylation sites is 1. The van der Waals surface area contributed by atoms with Crippen LogP contribution in [-0.4, -0.2) is 49.4 Å². The van der Waals surface area contributed by atoms with E-state index in [9.17, 15) is 9.59 Å². The zero-order valence-corrected chi connectivity index (χ0v) is 16.5. The van der Waals surface area contributed by atoms with Crippen LogP contribution >= 0.6 is 11.6 Å². The van der Waals surface area contributed by atoms with Crippen LogP contribution < -0.4 is 10.2 Å². The Hall–Kier alpha value is -2.37. The van der Waals surface area contributed by atoms with E-state index in [0.29, 0.717) is 30.2 Å². The van der Waals surface area contributed by atoms with Gasteiger partial charge >= 0.3 is 0 Å². The van der Waals surface area contributed by atoms with Crippen molar-refractivity contribution in [2.75, 3.05) is 38.0 Å². The molecule has 1 saturated heterocycles. The molecule has 2 aromatic rings. The molecule has 0 spiro atoms. The summed E-state index contributed by atoms with van der Waals surface area (Å²) < 4.78 is 0. The second-order valence-corrected chi connectivity index (χ2v) is 7.48. The van der Waals surface area contributed by atoms with Crippen molar-refractivity contribution in [2.45, 2.75) is 13.8 Å². The summed E-state index contributed by atoms with van der Waals surface area (Å²) in [6, 6.07) is 13.0. The number of aryl methyl sites for hydroxylation is 2. The topological polar surface area (TPSA) is 53.9 Å². The van der Waals surface area contributed by atoms with Gasteiger partial charge in [0, 0.05) is 16.3 Å². The van der Waals surface area contributed by atoms with Crippen LogP contribution in [0.25, 0.3) is 0 Å². The number of hydrogen-bond donors (Lipinski definition) is 2. The number of anilines is 1. The minimum absolute atomic E-state index is 0.00321. The zero-order chi connectivity index (χ0) is 19.4. The van der Waals surface area contributed by atoms with Gasteiger partial charge in [-0.15, -0.1) is 0 Å². The number of piperazine rings is 1. The number of rotatable bonds is 4. The van der Waals surface area contributed by atoms with Gasteiger partial charge in [0.15, 0.2) is 6.54 Å². The minimum Gasteiger partial charge on any atom is -0.327 e. The van der Waals surface area contributed by atoms with Gasteiger partial charge in [0.2, 0.25) is 0 Å². The average molecular weight is 387 g/mol. The quantitative estimate of drug-likeness (QED) is 0.843. The van der Waals surface area contributed by atoms with Gasteiger partial charge in [0.1, 0.15) is 0 Å². The molecule has 0 unspecified atom stereocenters. The number of benzene rings is 2. The number of quaternary nitrogens is 1. The van der Waals surface area contributed by atoms with E-state index in [4.69, 9.17) is 11.6 Å². The minimum atomic E-state index is -0.00321. The van der Waals surface area contributed by atoms with Crippen molar-refractivity contribution in [2.24, 2.45) is 0 Å². The number of halogens is 1. The van der Waals surface area contributed by atoms with E-state index in [1.165, 1.54) is 4.90 Å². The molecule has 0 bridgehead atoms. The van der Waals surface area contributed by atoms with Crippen LogP contribution in [-0.2, 0) is 4.79 Å². The Morgan fingerprint density at radius 1 is 1.07 bits per heavy atom. The largest absolute Gasteiger partial charge is 0.327 e. The normalized spacial score (nSPS) is 14.9. The summed E-state index contributed by atoms with van der Waals surface area (Å²) >= 11 is 5.98. The summed E-state index contributed by atoms with van der Waals surface area (Å²) in [5.41, 5.74) is 3.64. The second kappa shape index (κ2) is 8.55. The Kier molecular flexibility index (Phi) is 6.14. The first-order valence-electron chi connectivity index (χ1n) is 9.18. The molecular weight excluding hydrogens is 362 g/mol. The van der Waals surface area contributed by atoms with Crippen molar-refractivity contribution >= 4 is 29.1 Å². The van der Waals surface area contributed by atoms with Gasteiger partial charge < -0.3 is 15.1 Å². The lowest BCUT2D eigenvalue weighted by Crippen LogP contribution is -3.15. The summed E-state index contributed by atoms with van der Waals surface area (Å²) in [6.45, 7) is 7.19. The lowest BCUT2D eigenvalue weighted by molar-refractivity contribution is -0.895. The highest BCUT2D eigenvalue weighted by Gasteiger charge is 2.26. The SMILES string of the molecule is Cc1cccc(C)c1NC(=O)C[NH+]1CCN(C(=O)c2cccc(Cl)c2)CC1. The molecule has 1 aliphatic rings. The molecule has 1 aliphatic heterocycles. The van der Waals surface area contributed by atoms with Crippen molar-refractivity contribution < 1.29 is 14.5 Å². The Balaban J connectivity index is 1.52. The fraction of sp³-hybridized carbons (Fsp3) is 0.333. The van der Waals surface area contributed by atoms with Gasteiger partial charge in [-0.3, -0.25) is 9.59 Å². The third kappa shape index (κ3) is 4.87. The molecule has 1 heterocycles. The first kappa shape index (κ1) is 19.4. The molecule has 0 aliphatic carbocycles.